The third-order valence-corrected chi connectivity index (χ3v) is 5.66. The molecular formula is C17H24N2O5S. The maximum absolute atomic E-state index is 12.6. The normalized spacial score (nSPS) is 30.0. The first-order valence-electron chi connectivity index (χ1n) is 7.96. The fourth-order valence-electron chi connectivity index (χ4n) is 3.25. The lowest BCUT2D eigenvalue weighted by molar-refractivity contribution is -0.168. The molecule has 1 N–H and O–H groups in total. The summed E-state index contributed by atoms with van der Waals surface area (Å²) >= 11 is 1.44. The monoisotopic (exact) mass is 368 g/mol. The second-order valence-corrected chi connectivity index (χ2v) is 9.84. The van der Waals surface area contributed by atoms with Gasteiger partial charge < -0.3 is 19.7 Å². The van der Waals surface area contributed by atoms with E-state index in [2.05, 4.69) is 11.2 Å². The van der Waals surface area contributed by atoms with E-state index in [9.17, 15) is 14.4 Å². The van der Waals surface area contributed by atoms with E-state index in [1.165, 1.54) is 16.7 Å². The predicted octanol–water partition coefficient (Wildman–Crippen LogP) is 1.51. The Hall–Kier alpha value is -1.88. The highest BCUT2D eigenvalue weighted by atomic mass is 32.2. The van der Waals surface area contributed by atoms with Gasteiger partial charge in [-0.05, 0) is 41.5 Å². The molecule has 2 amide bonds. The third-order valence-electron chi connectivity index (χ3n) is 4.07. The quantitative estimate of drug-likeness (QED) is 0.462. The van der Waals surface area contributed by atoms with Crippen LogP contribution in [-0.2, 0) is 19.1 Å². The van der Waals surface area contributed by atoms with Crippen molar-refractivity contribution in [1.29, 1.82) is 0 Å². The van der Waals surface area contributed by atoms with E-state index >= 15 is 0 Å². The van der Waals surface area contributed by atoms with Gasteiger partial charge in [0.15, 0.2) is 6.61 Å². The average Bonchev–Trinajstić information content (AvgIpc) is 2.64. The molecule has 0 spiro atoms. The largest absolute Gasteiger partial charge is 0.451 e. The van der Waals surface area contributed by atoms with Crippen LogP contribution in [0.5, 0.6) is 0 Å². The Labute approximate surface area is 152 Å². The van der Waals surface area contributed by atoms with Crippen LogP contribution in [0.3, 0.4) is 0 Å². The van der Waals surface area contributed by atoms with Crippen molar-refractivity contribution in [2.75, 3.05) is 6.61 Å². The van der Waals surface area contributed by atoms with Crippen molar-refractivity contribution < 1.29 is 23.9 Å². The number of nitrogens with one attached hydrogen (secondary N) is 1. The highest BCUT2D eigenvalue weighted by Gasteiger charge is 2.71. The van der Waals surface area contributed by atoms with Crippen LogP contribution in [-0.4, -0.2) is 56.8 Å². The second-order valence-electron chi connectivity index (χ2n) is 7.76. The number of alkyl carbamates (subject to hydrolysis) is 1. The van der Waals surface area contributed by atoms with Gasteiger partial charge in [0.1, 0.15) is 22.6 Å². The van der Waals surface area contributed by atoms with Crippen molar-refractivity contribution >= 4 is 29.7 Å². The number of amides is 2. The van der Waals surface area contributed by atoms with Gasteiger partial charge in [-0.3, -0.25) is 4.79 Å². The lowest BCUT2D eigenvalue weighted by Crippen LogP contribution is -2.77. The average molecular weight is 368 g/mol. The maximum Gasteiger partial charge on any atom is 0.408 e. The number of hydrogen-bond acceptors (Lipinski definition) is 6. The van der Waals surface area contributed by atoms with Gasteiger partial charge >= 0.3 is 12.1 Å². The molecule has 0 bridgehead atoms. The molecule has 2 aliphatic rings. The lowest BCUT2D eigenvalue weighted by atomic mass is 9.89. The van der Waals surface area contributed by atoms with Crippen LogP contribution in [0.4, 0.5) is 4.79 Å². The van der Waals surface area contributed by atoms with Gasteiger partial charge in [0.25, 0.3) is 5.91 Å². The molecule has 0 radical (unpaired) electrons. The Bertz CT molecular complexity index is 648. The van der Waals surface area contributed by atoms with Crippen molar-refractivity contribution in [1.82, 2.24) is 10.2 Å². The minimum Gasteiger partial charge on any atom is -0.451 e. The lowest BCUT2D eigenvalue weighted by Gasteiger charge is -2.51. The summed E-state index contributed by atoms with van der Waals surface area (Å²) in [7, 11) is 0. The Morgan fingerprint density at radius 2 is 1.96 bits per heavy atom. The molecule has 2 fully saturated rings. The summed E-state index contributed by atoms with van der Waals surface area (Å²) in [5, 5.41) is 2.62. The Morgan fingerprint density at radius 1 is 1.36 bits per heavy atom. The molecule has 3 atom stereocenters. The van der Waals surface area contributed by atoms with Crippen LogP contribution < -0.4 is 5.32 Å². The van der Waals surface area contributed by atoms with Crippen LogP contribution in [0.2, 0.25) is 0 Å². The number of nitrogens with zero attached hydrogens (tertiary/aromatic N) is 1. The summed E-state index contributed by atoms with van der Waals surface area (Å²) in [6.45, 7) is 10.6. The predicted molar refractivity (Wildman–Crippen MR) is 93.7 cm³/mol. The van der Waals surface area contributed by atoms with E-state index in [0.29, 0.717) is 0 Å². The van der Waals surface area contributed by atoms with Gasteiger partial charge in [-0.2, -0.15) is 0 Å². The molecule has 138 valence electrons. The first kappa shape index (κ1) is 19.4. The molecule has 8 heteroatoms. The minimum atomic E-state index is -0.767. The first-order valence-corrected chi connectivity index (χ1v) is 8.78. The highest BCUT2D eigenvalue weighted by molar-refractivity contribution is 8.02. The summed E-state index contributed by atoms with van der Waals surface area (Å²) in [5.74, 6) is 1.37. The molecule has 7 nitrogen and oxygen atoms in total. The molecule has 2 saturated heterocycles. The zero-order chi connectivity index (χ0) is 19.2. The van der Waals surface area contributed by atoms with Crippen LogP contribution in [0.15, 0.2) is 0 Å². The summed E-state index contributed by atoms with van der Waals surface area (Å²) in [6, 6.07) is -1.53. The molecule has 25 heavy (non-hydrogen) atoms. The zero-order valence-corrected chi connectivity index (χ0v) is 16.2. The molecule has 0 aliphatic carbocycles. The van der Waals surface area contributed by atoms with Crippen molar-refractivity contribution in [2.24, 2.45) is 0 Å². The van der Waals surface area contributed by atoms with Gasteiger partial charge in [-0.25, -0.2) is 9.59 Å². The summed E-state index contributed by atoms with van der Waals surface area (Å²) < 4.78 is 9.68. The van der Waals surface area contributed by atoms with Crippen molar-refractivity contribution in [3.8, 4) is 12.3 Å². The fraction of sp³-hybridized carbons (Fsp3) is 0.706. The fourth-order valence-corrected chi connectivity index (χ4v) is 5.20. The number of ether oxygens (including phenoxy) is 2. The van der Waals surface area contributed by atoms with Crippen molar-refractivity contribution in [3.63, 3.8) is 0 Å². The topological polar surface area (TPSA) is 84.9 Å². The molecule has 2 aliphatic heterocycles. The number of hydrogen-bond donors (Lipinski definition) is 1. The van der Waals surface area contributed by atoms with Crippen LogP contribution in [0.1, 0.15) is 41.5 Å². The summed E-state index contributed by atoms with van der Waals surface area (Å²) in [4.78, 5) is 37.7. The van der Waals surface area contributed by atoms with Gasteiger partial charge in [0.2, 0.25) is 0 Å². The van der Waals surface area contributed by atoms with E-state index in [-0.39, 0.29) is 12.5 Å². The molecule has 0 unspecified atom stereocenters. The molecule has 0 saturated carbocycles. The number of β-lactam (4-membered cyclic amide) rings is 1. The van der Waals surface area contributed by atoms with Crippen LogP contribution in [0, 0.1) is 12.3 Å². The third kappa shape index (κ3) is 3.43. The van der Waals surface area contributed by atoms with Crippen LogP contribution >= 0.6 is 11.8 Å². The molecule has 2 heterocycles. The molecular weight excluding hydrogens is 344 g/mol. The molecule has 0 aromatic rings. The number of carbonyl (C=O) groups is 3. The van der Waals surface area contributed by atoms with E-state index < -0.39 is 39.4 Å². The summed E-state index contributed by atoms with van der Waals surface area (Å²) in [5.41, 5.74) is -0.666. The molecule has 0 aromatic heterocycles. The van der Waals surface area contributed by atoms with Crippen molar-refractivity contribution in [2.45, 2.75) is 68.8 Å². The number of fused-ring (bicyclic) bond motifs is 1. The SMILES string of the molecule is C#CCOC(=O)[C@@H]1N2C(=O)[C@@H](NC(=O)OC(C)(C)C)[C@@]2(C)SC1(C)C. The molecule has 2 rings (SSSR count). The van der Waals surface area contributed by atoms with Crippen molar-refractivity contribution in [3.05, 3.63) is 0 Å². The van der Waals surface area contributed by atoms with Gasteiger partial charge in [0, 0.05) is 4.75 Å². The Balaban J connectivity index is 2.17. The van der Waals surface area contributed by atoms with E-state index in [0.717, 1.165) is 0 Å². The number of terminal acetylenes is 1. The second kappa shape index (κ2) is 6.13. The standard InChI is InChI=1S/C17H24N2O5S/c1-8-9-23-13(21)11-16(5,6)25-17(7)10(12(20)19(11)17)18-14(22)24-15(2,3)4/h1,10-11H,9H2,2-7H3,(H,18,22)/t10-,11+,17-/m1/s1. The Kier molecular flexibility index (Phi) is 4.77. The van der Waals surface area contributed by atoms with Gasteiger partial charge in [0.05, 0.1) is 0 Å². The smallest absolute Gasteiger partial charge is 0.408 e. The van der Waals surface area contributed by atoms with E-state index in [1.807, 2.05) is 20.8 Å². The van der Waals surface area contributed by atoms with E-state index in [4.69, 9.17) is 15.9 Å². The number of rotatable bonds is 3. The number of esters is 1. The number of carbonyl (C=O) groups excluding carboxylic acids is 3. The van der Waals surface area contributed by atoms with E-state index in [1.54, 1.807) is 20.8 Å². The summed E-state index contributed by atoms with van der Waals surface area (Å²) in [6.07, 6.45) is 4.46. The van der Waals surface area contributed by atoms with Crippen LogP contribution in [0.25, 0.3) is 0 Å². The highest BCUT2D eigenvalue weighted by Crippen LogP contribution is 2.58. The maximum atomic E-state index is 12.6. The first-order chi connectivity index (χ1) is 11.3. The van der Waals surface area contributed by atoms with Gasteiger partial charge in [-0.15, -0.1) is 18.2 Å². The number of thioether (sulfide) groups is 1. The zero-order valence-electron chi connectivity index (χ0n) is 15.3. The minimum absolute atomic E-state index is 0.144. The molecule has 0 aromatic carbocycles. The van der Waals surface area contributed by atoms with Gasteiger partial charge in [-0.1, -0.05) is 5.92 Å². The Morgan fingerprint density at radius 3 is 2.48 bits per heavy atom.